The first-order chi connectivity index (χ1) is 12.7. The van der Waals surface area contributed by atoms with Gasteiger partial charge in [-0.3, -0.25) is 24.4 Å². The van der Waals surface area contributed by atoms with Crippen molar-refractivity contribution in [1.29, 1.82) is 0 Å². The lowest BCUT2D eigenvalue weighted by molar-refractivity contribution is -0.174. The van der Waals surface area contributed by atoms with Gasteiger partial charge >= 0.3 is 5.97 Å². The molecule has 0 heterocycles. The van der Waals surface area contributed by atoms with Crippen LogP contribution >= 0.6 is 0 Å². The summed E-state index contributed by atoms with van der Waals surface area (Å²) in [6, 6.07) is -0.949. The van der Waals surface area contributed by atoms with E-state index in [-0.39, 0.29) is 12.3 Å². The number of carbonyl (C=O) groups is 4. The number of ether oxygens (including phenoxy) is 1. The van der Waals surface area contributed by atoms with Crippen molar-refractivity contribution in [2.75, 3.05) is 13.7 Å². The van der Waals surface area contributed by atoms with Crippen molar-refractivity contribution in [3.8, 4) is 0 Å². The Morgan fingerprint density at radius 2 is 1.61 bits per heavy atom. The lowest BCUT2D eigenvalue weighted by Gasteiger charge is -2.36. The summed E-state index contributed by atoms with van der Waals surface area (Å²) in [5, 5.41) is 25.0. The second kappa shape index (κ2) is 10.4. The monoisotopic (exact) mass is 403 g/mol. The Morgan fingerprint density at radius 3 is 1.96 bits per heavy atom. The normalized spacial score (nSPS) is 15.8. The number of hydrogen-bond acceptors (Lipinski definition) is 7. The predicted octanol–water partition coefficient (Wildman–Crippen LogP) is -0.275. The number of aliphatic hydroxyl groups is 1. The van der Waals surface area contributed by atoms with Gasteiger partial charge in [0, 0.05) is 14.0 Å². The molecular formula is C18H33N3O7. The van der Waals surface area contributed by atoms with E-state index in [1.807, 2.05) is 0 Å². The molecule has 0 aliphatic rings. The molecule has 0 unspecified atom stereocenters. The molecule has 0 rings (SSSR count). The Bertz CT molecular complexity index is 586. The smallest absolute Gasteiger partial charge is 0.302 e. The summed E-state index contributed by atoms with van der Waals surface area (Å²) in [5.41, 5.74) is -1.87. The van der Waals surface area contributed by atoms with Crippen LogP contribution in [0.3, 0.4) is 0 Å². The highest BCUT2D eigenvalue weighted by atomic mass is 16.5. The van der Waals surface area contributed by atoms with E-state index in [0.717, 1.165) is 6.92 Å². The van der Waals surface area contributed by atoms with E-state index in [9.17, 15) is 24.3 Å². The third-order valence-corrected chi connectivity index (χ3v) is 4.25. The van der Waals surface area contributed by atoms with Gasteiger partial charge in [0.1, 0.15) is 12.6 Å². The Hall–Kier alpha value is -2.20. The minimum absolute atomic E-state index is 0.0294. The molecule has 0 fully saturated rings. The first-order valence-electron chi connectivity index (χ1n) is 9.02. The molecule has 28 heavy (non-hydrogen) atoms. The molecule has 0 aromatic carbocycles. The largest absolute Gasteiger partial charge is 0.462 e. The second-order valence-electron chi connectivity index (χ2n) is 8.25. The third-order valence-electron chi connectivity index (χ3n) is 4.25. The van der Waals surface area contributed by atoms with Crippen LogP contribution in [0.1, 0.15) is 48.0 Å². The molecule has 10 heteroatoms. The van der Waals surface area contributed by atoms with Crippen LogP contribution in [0.25, 0.3) is 0 Å². The first kappa shape index (κ1) is 25.8. The van der Waals surface area contributed by atoms with E-state index in [4.69, 9.17) is 9.94 Å². The highest BCUT2D eigenvalue weighted by molar-refractivity contribution is 5.95. The van der Waals surface area contributed by atoms with E-state index in [0.29, 0.717) is 0 Å². The van der Waals surface area contributed by atoms with Crippen LogP contribution < -0.4 is 16.1 Å². The average molecular weight is 403 g/mol. The number of nitrogens with one attached hydrogen (secondary N) is 3. The number of esters is 1. The number of likely N-dealkylation sites (N-methyl/N-ethyl adjacent to an activating group) is 1. The van der Waals surface area contributed by atoms with Gasteiger partial charge in [-0.05, 0) is 17.8 Å². The lowest BCUT2D eigenvalue weighted by Crippen LogP contribution is -2.62. The summed E-state index contributed by atoms with van der Waals surface area (Å²) in [7, 11) is 1.43. The van der Waals surface area contributed by atoms with Gasteiger partial charge in [0.05, 0.1) is 5.92 Å². The lowest BCUT2D eigenvalue weighted by atomic mass is 9.79. The number of hydroxylamine groups is 1. The van der Waals surface area contributed by atoms with Crippen molar-refractivity contribution in [2.24, 2.45) is 17.3 Å². The van der Waals surface area contributed by atoms with Gasteiger partial charge in [-0.2, -0.15) is 0 Å². The van der Waals surface area contributed by atoms with Crippen LogP contribution in [0, 0.1) is 17.3 Å². The maximum Gasteiger partial charge on any atom is 0.302 e. The van der Waals surface area contributed by atoms with Gasteiger partial charge in [0.25, 0.3) is 5.91 Å². The van der Waals surface area contributed by atoms with Gasteiger partial charge < -0.3 is 20.5 Å². The molecule has 0 saturated heterocycles. The van der Waals surface area contributed by atoms with Crippen LogP contribution in [0.5, 0.6) is 0 Å². The molecule has 0 bridgehead atoms. The van der Waals surface area contributed by atoms with Crippen LogP contribution in [0.15, 0.2) is 0 Å². The van der Waals surface area contributed by atoms with Crippen LogP contribution in [0.2, 0.25) is 0 Å². The second-order valence-corrected chi connectivity index (χ2v) is 8.25. The molecule has 0 aromatic heterocycles. The Morgan fingerprint density at radius 1 is 1.07 bits per heavy atom. The van der Waals surface area contributed by atoms with Gasteiger partial charge in [-0.25, -0.2) is 5.48 Å². The van der Waals surface area contributed by atoms with Crippen LogP contribution in [-0.4, -0.2) is 59.3 Å². The molecule has 0 saturated carbocycles. The van der Waals surface area contributed by atoms with Gasteiger partial charge in [-0.15, -0.1) is 0 Å². The van der Waals surface area contributed by atoms with E-state index in [1.54, 1.807) is 34.6 Å². The van der Waals surface area contributed by atoms with Crippen molar-refractivity contribution < 1.29 is 34.2 Å². The molecule has 0 radical (unpaired) electrons. The molecule has 3 amide bonds. The minimum Gasteiger partial charge on any atom is -0.462 e. The maximum absolute atomic E-state index is 13.0. The maximum atomic E-state index is 13.0. The molecule has 0 aliphatic heterocycles. The number of carbonyl (C=O) groups excluding carboxylic acids is 4. The summed E-state index contributed by atoms with van der Waals surface area (Å²) < 4.78 is 4.76. The highest BCUT2D eigenvalue weighted by Crippen LogP contribution is 2.28. The van der Waals surface area contributed by atoms with Crippen molar-refractivity contribution in [1.82, 2.24) is 16.1 Å². The number of hydrogen-bond donors (Lipinski definition) is 5. The molecule has 10 nitrogen and oxygen atoms in total. The van der Waals surface area contributed by atoms with Crippen molar-refractivity contribution in [3.63, 3.8) is 0 Å². The molecule has 162 valence electrons. The number of rotatable bonds is 9. The molecule has 3 atom stereocenters. The summed E-state index contributed by atoms with van der Waals surface area (Å²) in [4.78, 5) is 48.6. The molecule has 0 aliphatic carbocycles. The molecule has 0 spiro atoms. The topological polar surface area (TPSA) is 154 Å². The summed E-state index contributed by atoms with van der Waals surface area (Å²) in [5.74, 6) is -4.82. The van der Waals surface area contributed by atoms with Gasteiger partial charge in [-0.1, -0.05) is 34.6 Å². The Kier molecular flexibility index (Phi) is 9.56. The molecule has 5 N–H and O–H groups in total. The fourth-order valence-electron chi connectivity index (χ4n) is 2.69. The minimum atomic E-state index is -2.53. The predicted molar refractivity (Wildman–Crippen MR) is 99.9 cm³/mol. The van der Waals surface area contributed by atoms with E-state index < -0.39 is 53.3 Å². The molecule has 0 aromatic rings. The average Bonchev–Trinajstić information content (AvgIpc) is 2.59. The van der Waals surface area contributed by atoms with Crippen LogP contribution in [-0.2, 0) is 23.9 Å². The van der Waals surface area contributed by atoms with Gasteiger partial charge in [0.2, 0.25) is 11.8 Å². The third kappa shape index (κ3) is 7.08. The van der Waals surface area contributed by atoms with E-state index in [1.165, 1.54) is 12.5 Å². The van der Waals surface area contributed by atoms with Crippen molar-refractivity contribution >= 4 is 23.7 Å². The Labute approximate surface area is 165 Å². The van der Waals surface area contributed by atoms with Crippen molar-refractivity contribution in [2.45, 2.75) is 59.6 Å². The fraction of sp³-hybridized carbons (Fsp3) is 0.778. The standard InChI is InChI=1S/C18H33N3O7/c1-10(2)8-12(18(26,16(25)21-27)9-28-11(3)22)14(23)20-13(15(24)19-7)17(4,5)6/h10,12-13,26-27H,8-9H2,1-7H3,(H,19,24)(H,20,23)(H,21,25)/t12-,13+,18+/m0/s1. The number of amides is 3. The van der Waals surface area contributed by atoms with E-state index >= 15 is 0 Å². The summed E-state index contributed by atoms with van der Waals surface area (Å²) in [6.45, 7) is 9.02. The highest BCUT2D eigenvalue weighted by Gasteiger charge is 2.50. The zero-order valence-electron chi connectivity index (χ0n) is 17.6. The first-order valence-corrected chi connectivity index (χ1v) is 9.02. The zero-order valence-corrected chi connectivity index (χ0v) is 17.6. The molecular weight excluding hydrogens is 370 g/mol. The Balaban J connectivity index is 6.01. The summed E-state index contributed by atoms with van der Waals surface area (Å²) >= 11 is 0. The van der Waals surface area contributed by atoms with Crippen molar-refractivity contribution in [3.05, 3.63) is 0 Å². The zero-order chi connectivity index (χ0) is 22.3. The fourth-order valence-corrected chi connectivity index (χ4v) is 2.69. The van der Waals surface area contributed by atoms with Crippen LogP contribution in [0.4, 0.5) is 0 Å². The quantitative estimate of drug-likeness (QED) is 0.202. The summed E-state index contributed by atoms with van der Waals surface area (Å²) in [6.07, 6.45) is 0.0294. The van der Waals surface area contributed by atoms with Gasteiger partial charge in [0.15, 0.2) is 5.60 Å². The SMILES string of the molecule is CNC(=O)[C@@H](NC(=O)[C@H](CC(C)C)[C@](O)(COC(C)=O)C(=O)NO)C(C)(C)C. The van der Waals surface area contributed by atoms with E-state index in [2.05, 4.69) is 10.6 Å².